The molecule has 0 amide bonds. The Morgan fingerprint density at radius 3 is 2.29 bits per heavy atom. The number of carboxylic acids is 1. The summed E-state index contributed by atoms with van der Waals surface area (Å²) in [6.07, 6.45) is 7.36. The molecule has 1 unspecified atom stereocenters. The number of carbonyl (C=O) groups is 1. The molecule has 42 heavy (non-hydrogen) atoms. The standard InChI is InChI=1S/C35H41FN2O4/c1-8-28-30(25-11-15-27(16-12-25)41-22-17-24-9-13-26(36)14-10-24)31(38-20-18-35(6,7)19-21-38)29(23(2)37-28)32(33(39)40)42-34(3,4)5/h1,9-16,32H,17-22H2,2-7H3,(H,39,40). The van der Waals surface area contributed by atoms with Gasteiger partial charge in [-0.2, -0.15) is 0 Å². The number of halogens is 1. The molecular weight excluding hydrogens is 531 g/mol. The van der Waals surface area contributed by atoms with E-state index in [1.54, 1.807) is 19.1 Å². The first-order valence-electron chi connectivity index (χ1n) is 14.4. The van der Waals surface area contributed by atoms with Crippen molar-refractivity contribution >= 4 is 11.7 Å². The van der Waals surface area contributed by atoms with Gasteiger partial charge in [0.1, 0.15) is 17.3 Å². The molecule has 6 nitrogen and oxygen atoms in total. The number of terminal acetylenes is 1. The van der Waals surface area contributed by atoms with Crippen molar-refractivity contribution in [1.82, 2.24) is 4.98 Å². The van der Waals surface area contributed by atoms with Gasteiger partial charge in [0.2, 0.25) is 0 Å². The number of aromatic nitrogens is 1. The second-order valence-corrected chi connectivity index (χ2v) is 12.7. The highest BCUT2D eigenvalue weighted by Crippen LogP contribution is 2.45. The summed E-state index contributed by atoms with van der Waals surface area (Å²) in [5.74, 6) is 2.11. The number of aliphatic carboxylic acids is 1. The lowest BCUT2D eigenvalue weighted by Crippen LogP contribution is -2.39. The molecule has 1 aliphatic rings. The highest BCUT2D eigenvalue weighted by atomic mass is 19.1. The quantitative estimate of drug-likeness (QED) is 0.270. The number of piperidine rings is 1. The van der Waals surface area contributed by atoms with Crippen LogP contribution in [0.25, 0.3) is 11.1 Å². The van der Waals surface area contributed by atoms with Crippen LogP contribution in [-0.4, -0.2) is 41.4 Å². The number of aryl methyl sites for hydroxylation is 1. The molecule has 1 aliphatic heterocycles. The number of carboxylic acid groups (broad SMARTS) is 1. The van der Waals surface area contributed by atoms with Crippen LogP contribution in [0.3, 0.4) is 0 Å². The first-order valence-corrected chi connectivity index (χ1v) is 14.4. The number of hydrogen-bond acceptors (Lipinski definition) is 5. The number of rotatable bonds is 9. The Kier molecular flexibility index (Phi) is 9.27. The third-order valence-electron chi connectivity index (χ3n) is 7.64. The predicted octanol–water partition coefficient (Wildman–Crippen LogP) is 7.37. The van der Waals surface area contributed by atoms with Crippen molar-refractivity contribution in [3.8, 4) is 29.2 Å². The van der Waals surface area contributed by atoms with E-state index >= 15 is 0 Å². The number of anilines is 1. The molecule has 3 aromatic rings. The van der Waals surface area contributed by atoms with Gasteiger partial charge in [-0.05, 0) is 87.3 Å². The molecule has 0 spiro atoms. The number of ether oxygens (including phenoxy) is 2. The predicted molar refractivity (Wildman–Crippen MR) is 164 cm³/mol. The minimum Gasteiger partial charge on any atom is -0.493 e. The summed E-state index contributed by atoms with van der Waals surface area (Å²) in [6.45, 7) is 13.8. The maximum Gasteiger partial charge on any atom is 0.337 e. The Bertz CT molecular complexity index is 1440. The minimum atomic E-state index is -1.22. The summed E-state index contributed by atoms with van der Waals surface area (Å²) >= 11 is 0. The molecule has 222 valence electrons. The van der Waals surface area contributed by atoms with Gasteiger partial charge in [-0.15, -0.1) is 6.42 Å². The summed E-state index contributed by atoms with van der Waals surface area (Å²) in [5, 5.41) is 10.4. The fourth-order valence-corrected chi connectivity index (χ4v) is 5.30. The highest BCUT2D eigenvalue weighted by molar-refractivity contribution is 5.89. The van der Waals surface area contributed by atoms with Crippen molar-refractivity contribution < 1.29 is 23.8 Å². The fraction of sp³-hybridized carbons (Fsp3) is 0.429. The van der Waals surface area contributed by atoms with Crippen LogP contribution in [0.1, 0.15) is 76.1 Å². The van der Waals surface area contributed by atoms with Crippen molar-refractivity contribution in [2.24, 2.45) is 5.41 Å². The molecule has 4 rings (SSSR count). The smallest absolute Gasteiger partial charge is 0.337 e. The lowest BCUT2D eigenvalue weighted by molar-refractivity contribution is -0.160. The molecule has 1 aromatic heterocycles. The van der Waals surface area contributed by atoms with E-state index in [1.807, 2.05) is 45.0 Å². The number of nitrogens with zero attached hydrogens (tertiary/aromatic N) is 2. The zero-order valence-corrected chi connectivity index (χ0v) is 25.5. The number of pyridine rings is 1. The van der Waals surface area contributed by atoms with Crippen LogP contribution >= 0.6 is 0 Å². The summed E-state index contributed by atoms with van der Waals surface area (Å²) in [6, 6.07) is 14.0. The van der Waals surface area contributed by atoms with Crippen molar-refractivity contribution in [1.29, 1.82) is 0 Å². The summed E-state index contributed by atoms with van der Waals surface area (Å²) in [7, 11) is 0. The van der Waals surface area contributed by atoms with E-state index < -0.39 is 17.7 Å². The van der Waals surface area contributed by atoms with Gasteiger partial charge in [0.05, 0.1) is 17.9 Å². The van der Waals surface area contributed by atoms with E-state index in [1.165, 1.54) is 12.1 Å². The van der Waals surface area contributed by atoms with Gasteiger partial charge in [0.25, 0.3) is 0 Å². The molecule has 1 N–H and O–H groups in total. The first kappa shape index (κ1) is 31.1. The molecule has 2 aromatic carbocycles. The second kappa shape index (κ2) is 12.5. The Hall–Kier alpha value is -3.89. The van der Waals surface area contributed by atoms with Crippen molar-refractivity contribution in [3.63, 3.8) is 0 Å². The third kappa shape index (κ3) is 7.49. The lowest BCUT2D eigenvalue weighted by Gasteiger charge is -2.41. The van der Waals surface area contributed by atoms with Crippen LogP contribution in [0, 0.1) is 30.5 Å². The van der Waals surface area contributed by atoms with Gasteiger partial charge in [-0.25, -0.2) is 14.2 Å². The molecule has 0 bridgehead atoms. The van der Waals surface area contributed by atoms with Crippen LogP contribution in [0.4, 0.5) is 10.1 Å². The largest absolute Gasteiger partial charge is 0.493 e. The molecular formula is C35H41FN2O4. The topological polar surface area (TPSA) is 71.9 Å². The van der Waals surface area contributed by atoms with Crippen LogP contribution in [0.15, 0.2) is 48.5 Å². The van der Waals surface area contributed by atoms with Gasteiger partial charge in [-0.3, -0.25) is 0 Å². The molecule has 2 heterocycles. The Morgan fingerprint density at radius 2 is 1.74 bits per heavy atom. The average molecular weight is 573 g/mol. The van der Waals surface area contributed by atoms with Gasteiger partial charge < -0.3 is 19.5 Å². The number of benzene rings is 2. The Labute approximate surface area is 248 Å². The second-order valence-electron chi connectivity index (χ2n) is 12.7. The SMILES string of the molecule is C#Cc1nc(C)c(C(OC(C)(C)C)C(=O)O)c(N2CCC(C)(C)CC2)c1-c1ccc(OCCc2ccc(F)cc2)cc1. The van der Waals surface area contributed by atoms with E-state index in [2.05, 4.69) is 24.7 Å². The molecule has 1 fully saturated rings. The van der Waals surface area contributed by atoms with Gasteiger partial charge >= 0.3 is 5.97 Å². The van der Waals surface area contributed by atoms with Gasteiger partial charge in [0.15, 0.2) is 6.10 Å². The summed E-state index contributed by atoms with van der Waals surface area (Å²) in [4.78, 5) is 19.7. The lowest BCUT2D eigenvalue weighted by atomic mass is 9.81. The van der Waals surface area contributed by atoms with E-state index in [9.17, 15) is 14.3 Å². The van der Waals surface area contributed by atoms with Crippen molar-refractivity contribution in [2.45, 2.75) is 72.5 Å². The molecule has 0 radical (unpaired) electrons. The van der Waals surface area contributed by atoms with E-state index in [0.717, 1.165) is 48.3 Å². The van der Waals surface area contributed by atoms with Crippen molar-refractivity contribution in [3.05, 3.63) is 76.9 Å². The van der Waals surface area contributed by atoms with Gasteiger partial charge in [0, 0.05) is 36.3 Å². The Balaban J connectivity index is 1.76. The maximum atomic E-state index is 13.2. The third-order valence-corrected chi connectivity index (χ3v) is 7.64. The summed E-state index contributed by atoms with van der Waals surface area (Å²) in [5.41, 5.74) is 4.33. The van der Waals surface area contributed by atoms with Crippen molar-refractivity contribution in [2.75, 3.05) is 24.6 Å². The maximum absolute atomic E-state index is 13.2. The fourth-order valence-electron chi connectivity index (χ4n) is 5.30. The zero-order valence-electron chi connectivity index (χ0n) is 25.5. The molecule has 1 atom stereocenters. The average Bonchev–Trinajstić information content (AvgIpc) is 2.92. The van der Waals surface area contributed by atoms with Gasteiger partial charge in [-0.1, -0.05) is 38.1 Å². The highest BCUT2D eigenvalue weighted by Gasteiger charge is 2.36. The van der Waals surface area contributed by atoms with Crippen LogP contribution in [0.5, 0.6) is 5.75 Å². The molecule has 7 heteroatoms. The van der Waals surface area contributed by atoms with Crippen LogP contribution < -0.4 is 9.64 Å². The number of hydrogen-bond donors (Lipinski definition) is 1. The minimum absolute atomic E-state index is 0.189. The van der Waals surface area contributed by atoms with Crippen LogP contribution in [0.2, 0.25) is 0 Å². The zero-order chi connectivity index (χ0) is 30.7. The first-order chi connectivity index (χ1) is 19.8. The van der Waals surface area contributed by atoms with E-state index in [0.29, 0.717) is 35.7 Å². The van der Waals surface area contributed by atoms with E-state index in [4.69, 9.17) is 20.9 Å². The van der Waals surface area contributed by atoms with Crippen LogP contribution in [-0.2, 0) is 16.0 Å². The summed E-state index contributed by atoms with van der Waals surface area (Å²) < 4.78 is 25.3. The normalized spacial score (nSPS) is 15.6. The Morgan fingerprint density at radius 1 is 1.12 bits per heavy atom. The van der Waals surface area contributed by atoms with E-state index in [-0.39, 0.29) is 11.2 Å². The molecule has 1 saturated heterocycles. The molecule has 0 aliphatic carbocycles. The monoisotopic (exact) mass is 572 g/mol. The molecule has 0 saturated carbocycles.